The molecule has 0 radical (unpaired) electrons. The van der Waals surface area contributed by atoms with Crippen LogP contribution in [-0.4, -0.2) is 74.1 Å². The number of methoxy groups -OCH3 is 1. The fraction of sp³-hybridized carbons (Fsp3) is 0.515. The third-order valence-electron chi connectivity index (χ3n) is 9.92. The summed E-state index contributed by atoms with van der Waals surface area (Å²) in [5, 5.41) is 3.65. The number of imidazole rings is 1. The first-order chi connectivity index (χ1) is 21.9. The number of carbonyl (C=O) groups is 2. The molecule has 3 N–H and O–H groups in total. The zero-order valence-corrected chi connectivity index (χ0v) is 26.1. The van der Waals surface area contributed by atoms with Crippen LogP contribution in [0.1, 0.15) is 61.1 Å². The highest BCUT2D eigenvalue weighted by Crippen LogP contribution is 2.44. The van der Waals surface area contributed by atoms with Gasteiger partial charge in [0.05, 0.1) is 35.6 Å². The number of nitrogens with one attached hydrogen (secondary N) is 1. The number of amides is 2. The standard InChI is InChI=1S/C33H38F3N7O3/c1-17-24-7-6-19-14-26(43(29(19)39-24)16-33(35,36)9-4-5-18-11-21(18)31(44)38-17)30-40-25-13-20(12-22(34)28(25)41(30)2)32(45)42-10-8-27(46-3)23(37)15-42/h6-7,12-14,17-18,21,23,27H,4-5,8-11,15-16,37H2,1-3H3,(H,38,44)/t17-,18-,21-,23+,27-/m1/s1. The van der Waals surface area contributed by atoms with Gasteiger partial charge in [-0.15, -0.1) is 0 Å². The Morgan fingerprint density at radius 1 is 1.17 bits per heavy atom. The van der Waals surface area contributed by atoms with Crippen LogP contribution in [-0.2, 0) is 23.1 Å². The molecule has 0 unspecified atom stereocenters. The highest BCUT2D eigenvalue weighted by molar-refractivity contribution is 5.98. The smallest absolute Gasteiger partial charge is 0.265 e. The zero-order valence-electron chi connectivity index (χ0n) is 26.1. The van der Waals surface area contributed by atoms with Crippen LogP contribution in [0.3, 0.4) is 0 Å². The fourth-order valence-electron chi connectivity index (χ4n) is 7.21. The van der Waals surface area contributed by atoms with Gasteiger partial charge in [-0.1, -0.05) is 0 Å². The van der Waals surface area contributed by atoms with Gasteiger partial charge >= 0.3 is 0 Å². The molecule has 2 amide bonds. The monoisotopic (exact) mass is 637 g/mol. The van der Waals surface area contributed by atoms with E-state index in [1.54, 1.807) is 37.3 Å². The number of hydrogen-bond donors (Lipinski definition) is 2. The number of hydrogen-bond acceptors (Lipinski definition) is 6. The van der Waals surface area contributed by atoms with E-state index in [2.05, 4.69) is 5.32 Å². The molecule has 13 heteroatoms. The minimum absolute atomic E-state index is 0.0684. The molecule has 5 heterocycles. The number of piperidine rings is 1. The topological polar surface area (TPSA) is 120 Å². The van der Waals surface area contributed by atoms with Crippen molar-refractivity contribution in [2.24, 2.45) is 24.6 Å². The number of benzene rings is 1. The molecule has 2 bridgehead atoms. The minimum atomic E-state index is -3.06. The predicted octanol–water partition coefficient (Wildman–Crippen LogP) is 4.55. The summed E-state index contributed by atoms with van der Waals surface area (Å²) in [7, 11) is 3.21. The Bertz CT molecular complexity index is 1850. The Morgan fingerprint density at radius 3 is 2.74 bits per heavy atom. The van der Waals surface area contributed by atoms with E-state index in [0.717, 1.165) is 6.42 Å². The zero-order chi connectivity index (χ0) is 32.5. The number of likely N-dealkylation sites (tertiary alicyclic amines) is 1. The molecular formula is C33H38F3N7O3. The SMILES string of the molecule is CO[C@@H]1CCN(C(=O)c2cc(F)c3c(c2)nc(-c2cc4ccc5nc4n2CC(F)(F)CCC[C@@H]2C[C@H]2C(=O)N[C@@H]5C)n3C)C[C@@H]1N. The first-order valence-electron chi connectivity index (χ1n) is 15.9. The van der Waals surface area contributed by atoms with Crippen molar-refractivity contribution >= 4 is 33.9 Å². The van der Waals surface area contributed by atoms with Crippen LogP contribution < -0.4 is 11.1 Å². The lowest BCUT2D eigenvalue weighted by Gasteiger charge is -2.35. The summed E-state index contributed by atoms with van der Waals surface area (Å²) in [6.07, 6.45) is 1.67. The number of carbonyl (C=O) groups excluding carboxylic acids is 2. The maximum Gasteiger partial charge on any atom is 0.265 e. The van der Waals surface area contributed by atoms with Crippen LogP contribution in [0, 0.1) is 17.7 Å². The maximum absolute atomic E-state index is 15.7. The summed E-state index contributed by atoms with van der Waals surface area (Å²) >= 11 is 0. The van der Waals surface area contributed by atoms with Crippen molar-refractivity contribution in [3.05, 3.63) is 47.4 Å². The summed E-state index contributed by atoms with van der Waals surface area (Å²) in [5.41, 5.74) is 7.93. The Kier molecular flexibility index (Phi) is 7.58. The Hall–Kier alpha value is -3.97. The Balaban J connectivity index is 1.29. The number of pyridine rings is 1. The Labute approximate surface area is 264 Å². The molecular weight excluding hydrogens is 599 g/mol. The maximum atomic E-state index is 15.7. The van der Waals surface area contributed by atoms with E-state index in [4.69, 9.17) is 20.4 Å². The number of alkyl halides is 2. The number of aromatic nitrogens is 4. The second-order valence-electron chi connectivity index (χ2n) is 13.1. The second-order valence-corrected chi connectivity index (χ2v) is 13.1. The van der Waals surface area contributed by atoms with Crippen LogP contribution >= 0.6 is 0 Å². The summed E-state index contributed by atoms with van der Waals surface area (Å²) in [6, 6.07) is 7.25. The van der Waals surface area contributed by atoms with Gasteiger partial charge in [-0.2, -0.15) is 0 Å². The van der Waals surface area contributed by atoms with Gasteiger partial charge in [0.15, 0.2) is 5.82 Å². The van der Waals surface area contributed by atoms with E-state index in [1.807, 2.05) is 6.92 Å². The lowest BCUT2D eigenvalue weighted by molar-refractivity contribution is -0.123. The highest BCUT2D eigenvalue weighted by Gasteiger charge is 2.43. The van der Waals surface area contributed by atoms with E-state index in [-0.39, 0.29) is 71.2 Å². The molecule has 1 saturated carbocycles. The number of rotatable bonds is 3. The molecule has 7 rings (SSSR count). The number of ether oxygens (including phenoxy) is 1. The van der Waals surface area contributed by atoms with Crippen LogP contribution in [0.5, 0.6) is 0 Å². The highest BCUT2D eigenvalue weighted by atomic mass is 19.3. The van der Waals surface area contributed by atoms with Gasteiger partial charge in [0, 0.05) is 56.6 Å². The first-order valence-corrected chi connectivity index (χ1v) is 15.9. The van der Waals surface area contributed by atoms with Gasteiger partial charge in [-0.3, -0.25) is 9.59 Å². The third kappa shape index (κ3) is 5.42. The van der Waals surface area contributed by atoms with Gasteiger partial charge in [-0.05, 0) is 68.9 Å². The normalized spacial score (nSPS) is 26.6. The molecule has 46 heavy (non-hydrogen) atoms. The van der Waals surface area contributed by atoms with Gasteiger partial charge in [0.25, 0.3) is 11.8 Å². The average Bonchev–Trinajstić information content (AvgIpc) is 3.60. The van der Waals surface area contributed by atoms with Gasteiger partial charge < -0.3 is 29.8 Å². The van der Waals surface area contributed by atoms with Crippen LogP contribution in [0.4, 0.5) is 13.2 Å². The lowest BCUT2D eigenvalue weighted by atomic mass is 10.0. The molecule has 4 aromatic rings. The van der Waals surface area contributed by atoms with Crippen molar-refractivity contribution in [2.45, 2.75) is 69.7 Å². The number of nitrogens with two attached hydrogens (primary N) is 1. The molecule has 1 saturated heterocycles. The van der Waals surface area contributed by atoms with Crippen molar-refractivity contribution in [1.29, 1.82) is 0 Å². The molecule has 244 valence electrons. The Morgan fingerprint density at radius 2 is 1.98 bits per heavy atom. The lowest BCUT2D eigenvalue weighted by Crippen LogP contribution is -2.53. The minimum Gasteiger partial charge on any atom is -0.380 e. The van der Waals surface area contributed by atoms with Crippen LogP contribution in [0.2, 0.25) is 0 Å². The quantitative estimate of drug-likeness (QED) is 0.340. The van der Waals surface area contributed by atoms with Crippen LogP contribution in [0.15, 0.2) is 30.3 Å². The number of halogens is 3. The van der Waals surface area contributed by atoms with E-state index in [9.17, 15) is 9.59 Å². The average molecular weight is 638 g/mol. The molecule has 2 fully saturated rings. The van der Waals surface area contributed by atoms with Crippen LogP contribution in [0.25, 0.3) is 33.6 Å². The molecule has 1 aromatic carbocycles. The molecule has 5 atom stereocenters. The largest absolute Gasteiger partial charge is 0.380 e. The summed E-state index contributed by atoms with van der Waals surface area (Å²) in [6.45, 7) is 1.89. The number of nitrogens with zero attached hydrogens (tertiary/aromatic N) is 5. The number of fused-ring (bicyclic) bond motifs is 3. The van der Waals surface area contributed by atoms with E-state index >= 15 is 13.2 Å². The third-order valence-corrected chi connectivity index (χ3v) is 9.92. The molecule has 10 nitrogen and oxygen atoms in total. The molecule has 2 aliphatic heterocycles. The summed E-state index contributed by atoms with van der Waals surface area (Å²) in [5.74, 6) is -3.89. The molecule has 3 aromatic heterocycles. The van der Waals surface area contributed by atoms with Gasteiger partial charge in [-0.25, -0.2) is 23.1 Å². The number of aryl methyl sites for hydroxylation is 1. The van der Waals surface area contributed by atoms with Crippen molar-refractivity contribution in [3.8, 4) is 11.5 Å². The van der Waals surface area contributed by atoms with E-state index < -0.39 is 24.3 Å². The van der Waals surface area contributed by atoms with E-state index in [0.29, 0.717) is 48.2 Å². The predicted molar refractivity (Wildman–Crippen MR) is 166 cm³/mol. The van der Waals surface area contributed by atoms with Gasteiger partial charge in [0.1, 0.15) is 17.0 Å². The fourth-order valence-corrected chi connectivity index (χ4v) is 7.21. The second kappa shape index (κ2) is 11.4. The molecule has 1 aliphatic carbocycles. The first kappa shape index (κ1) is 30.7. The molecule has 3 aliphatic rings. The van der Waals surface area contributed by atoms with Gasteiger partial charge in [0.2, 0.25) is 5.91 Å². The van der Waals surface area contributed by atoms with E-state index in [1.165, 1.54) is 21.3 Å². The van der Waals surface area contributed by atoms with Crippen molar-refractivity contribution in [2.75, 3.05) is 20.2 Å². The van der Waals surface area contributed by atoms with Crippen molar-refractivity contribution in [1.82, 2.24) is 29.3 Å². The summed E-state index contributed by atoms with van der Waals surface area (Å²) < 4.78 is 55.3. The summed E-state index contributed by atoms with van der Waals surface area (Å²) in [4.78, 5) is 37.2. The van der Waals surface area contributed by atoms with Crippen molar-refractivity contribution < 1.29 is 27.5 Å². The van der Waals surface area contributed by atoms with Crippen molar-refractivity contribution in [3.63, 3.8) is 0 Å². The molecule has 0 spiro atoms.